The lowest BCUT2D eigenvalue weighted by Crippen LogP contribution is -2.67. The summed E-state index contributed by atoms with van der Waals surface area (Å²) in [4.78, 5) is 16.2. The molecule has 2 aliphatic carbocycles. The Morgan fingerprint density at radius 2 is 0.892 bits per heavy atom. The Morgan fingerprint density at radius 1 is 0.431 bits per heavy atom. The predicted molar refractivity (Wildman–Crippen MR) is 275 cm³/mol. The molecule has 9 aromatic carbocycles. The number of fused-ring (bicyclic) bond motifs is 12. The van der Waals surface area contributed by atoms with E-state index in [-0.39, 0.29) is 0 Å². The molecule has 7 heteroatoms. The van der Waals surface area contributed by atoms with Crippen molar-refractivity contribution in [3.05, 3.63) is 219 Å². The number of para-hydroxylation sites is 3. The van der Waals surface area contributed by atoms with Crippen molar-refractivity contribution in [1.29, 1.82) is 0 Å². The molecule has 13 rings (SSSR count). The SMILES string of the molecule is C[Si]1(c2ccc3c(c2)c2cccc4c2-c2c(cccc2c2ccccc23)c2ccccc2c2ccccc42)Oc2ccccc2B(c2ncncn2)N(c2ccccc2)c2ccccc21. The molecule has 304 valence electrons. The van der Waals surface area contributed by atoms with Crippen molar-refractivity contribution in [2.45, 2.75) is 6.55 Å². The van der Waals surface area contributed by atoms with Crippen molar-refractivity contribution in [3.8, 4) is 16.9 Å². The average Bonchev–Trinajstić information content (AvgIpc) is 3.37. The molecule has 0 bridgehead atoms. The van der Waals surface area contributed by atoms with Crippen LogP contribution < -0.4 is 30.8 Å². The fraction of sp³-hybridized carbons (Fsp3) is 0.0172. The molecule has 3 aliphatic rings. The molecule has 1 aliphatic heterocycles. The maximum Gasteiger partial charge on any atom is 0.376 e. The second-order valence-corrected chi connectivity index (χ2v) is 20.5. The third kappa shape index (κ3) is 5.69. The fourth-order valence-corrected chi connectivity index (χ4v) is 14.0. The third-order valence-corrected chi connectivity index (χ3v) is 17.2. The first kappa shape index (κ1) is 37.4. The molecule has 0 fully saturated rings. The standard InChI is InChI=1S/C58H39BN4OSi/c1-65(55-32-14-12-30-53(55)63(38-17-3-2-4-18-38)59(58-61-36-60-37-62-58)52-29-11-13-31-54(52)64-65)39-33-34-46-42-21-7-10-24-45(42)48-26-15-25-47-43-22-8-5-19-40(43)41-20-6-9-23-44(41)49-27-16-28-50(51(46)35-39)57(49)56(47)48/h2-37H,1H3. The van der Waals surface area contributed by atoms with Gasteiger partial charge in [0.25, 0.3) is 0 Å². The van der Waals surface area contributed by atoms with Crippen molar-refractivity contribution in [2.75, 3.05) is 4.81 Å². The third-order valence-electron chi connectivity index (χ3n) is 13.7. The highest BCUT2D eigenvalue weighted by molar-refractivity contribution is 6.99. The minimum atomic E-state index is -3.17. The van der Waals surface area contributed by atoms with Crippen LogP contribution in [-0.2, 0) is 0 Å². The molecule has 0 amide bonds. The topological polar surface area (TPSA) is 51.1 Å². The molecular formula is C58H39BN4OSi. The van der Waals surface area contributed by atoms with Gasteiger partial charge in [0, 0.05) is 16.6 Å². The highest BCUT2D eigenvalue weighted by Gasteiger charge is 2.46. The summed E-state index contributed by atoms with van der Waals surface area (Å²) in [6, 6.07) is 75.6. The maximum absolute atomic E-state index is 7.75. The molecule has 5 nitrogen and oxygen atoms in total. The van der Waals surface area contributed by atoms with E-state index < -0.39 is 15.2 Å². The van der Waals surface area contributed by atoms with Crippen molar-refractivity contribution in [2.24, 2.45) is 0 Å². The first-order valence-electron chi connectivity index (χ1n) is 22.2. The van der Waals surface area contributed by atoms with E-state index in [1.165, 1.54) is 80.9 Å². The van der Waals surface area contributed by atoms with Crippen molar-refractivity contribution in [1.82, 2.24) is 15.0 Å². The quantitative estimate of drug-likeness (QED) is 0.166. The van der Waals surface area contributed by atoms with E-state index in [0.717, 1.165) is 27.8 Å². The van der Waals surface area contributed by atoms with Crippen molar-refractivity contribution >= 4 is 113 Å². The lowest BCUT2D eigenvalue weighted by Gasteiger charge is -2.41. The summed E-state index contributed by atoms with van der Waals surface area (Å²) in [5.74, 6) is 0.818. The van der Waals surface area contributed by atoms with E-state index >= 15 is 0 Å². The molecule has 0 saturated heterocycles. The van der Waals surface area contributed by atoms with Crippen LogP contribution in [0.1, 0.15) is 0 Å². The zero-order chi connectivity index (χ0) is 43.1. The molecule has 0 radical (unpaired) electrons. The van der Waals surface area contributed by atoms with Gasteiger partial charge in [-0.05, 0) is 117 Å². The Labute approximate surface area is 377 Å². The van der Waals surface area contributed by atoms with Gasteiger partial charge in [-0.1, -0.05) is 182 Å². The number of hydrogen-bond donors (Lipinski definition) is 0. The van der Waals surface area contributed by atoms with Gasteiger partial charge in [0.05, 0.1) is 0 Å². The average molecular weight is 847 g/mol. The summed E-state index contributed by atoms with van der Waals surface area (Å²) in [7, 11) is -3.17. The number of benzene rings is 9. The maximum atomic E-state index is 7.75. The number of nitrogens with zero attached hydrogens (tertiary/aromatic N) is 4. The highest BCUT2D eigenvalue weighted by Crippen LogP contribution is 2.47. The van der Waals surface area contributed by atoms with Gasteiger partial charge in [0.15, 0.2) is 0 Å². The van der Waals surface area contributed by atoms with Crippen LogP contribution in [0.15, 0.2) is 219 Å². The van der Waals surface area contributed by atoms with Gasteiger partial charge in [-0.3, -0.25) is 0 Å². The van der Waals surface area contributed by atoms with Gasteiger partial charge in [-0.2, -0.15) is 0 Å². The summed E-state index contributed by atoms with van der Waals surface area (Å²) in [6.45, 7) is 1.97. The predicted octanol–water partition coefficient (Wildman–Crippen LogP) is 11.5. The molecular weight excluding hydrogens is 808 g/mol. The van der Waals surface area contributed by atoms with Gasteiger partial charge in [0.2, 0.25) is 0 Å². The monoisotopic (exact) mass is 846 g/mol. The number of aromatic nitrogens is 3. The summed E-state index contributed by atoms with van der Waals surface area (Å²) < 4.78 is 7.75. The van der Waals surface area contributed by atoms with E-state index in [1.54, 1.807) is 12.7 Å². The summed E-state index contributed by atoms with van der Waals surface area (Å²) >= 11 is 0. The van der Waals surface area contributed by atoms with Crippen LogP contribution in [0.5, 0.6) is 5.75 Å². The van der Waals surface area contributed by atoms with E-state index in [4.69, 9.17) is 14.4 Å². The lowest BCUT2D eigenvalue weighted by molar-refractivity contribution is 0.575. The smallest absolute Gasteiger partial charge is 0.376 e. The van der Waals surface area contributed by atoms with Crippen LogP contribution in [0.2, 0.25) is 6.55 Å². The van der Waals surface area contributed by atoms with Crippen molar-refractivity contribution < 1.29 is 4.43 Å². The van der Waals surface area contributed by atoms with Crippen LogP contribution >= 0.6 is 0 Å². The van der Waals surface area contributed by atoms with Crippen LogP contribution in [0, 0.1) is 0 Å². The Bertz CT molecular complexity index is 3870. The van der Waals surface area contributed by atoms with Gasteiger partial charge in [-0.15, -0.1) is 0 Å². The zero-order valence-electron chi connectivity index (χ0n) is 35.6. The van der Waals surface area contributed by atoms with Crippen LogP contribution in [0.3, 0.4) is 0 Å². The van der Waals surface area contributed by atoms with E-state index in [9.17, 15) is 0 Å². The summed E-state index contributed by atoms with van der Waals surface area (Å²) in [5.41, 5.74) is 6.24. The Kier molecular flexibility index (Phi) is 8.48. The van der Waals surface area contributed by atoms with Crippen LogP contribution in [-0.4, -0.2) is 30.1 Å². The summed E-state index contributed by atoms with van der Waals surface area (Å²) in [5, 5.41) is 17.0. The molecule has 0 saturated carbocycles. The number of anilines is 2. The van der Waals surface area contributed by atoms with Crippen LogP contribution in [0.25, 0.3) is 75.8 Å². The summed E-state index contributed by atoms with van der Waals surface area (Å²) in [6.07, 6.45) is 3.17. The molecule has 10 aromatic rings. The minimum absolute atomic E-state index is 0.394. The van der Waals surface area contributed by atoms with E-state index in [2.05, 4.69) is 223 Å². The van der Waals surface area contributed by atoms with E-state index in [0.29, 0.717) is 5.72 Å². The lowest BCUT2D eigenvalue weighted by atomic mass is 9.52. The highest BCUT2D eigenvalue weighted by atomic mass is 28.4. The van der Waals surface area contributed by atoms with Gasteiger partial charge in [-0.25, -0.2) is 15.0 Å². The Morgan fingerprint density at radius 3 is 1.49 bits per heavy atom. The van der Waals surface area contributed by atoms with Gasteiger partial charge < -0.3 is 9.24 Å². The van der Waals surface area contributed by atoms with Gasteiger partial charge >= 0.3 is 15.2 Å². The second-order valence-electron chi connectivity index (χ2n) is 17.1. The molecule has 2 heterocycles. The van der Waals surface area contributed by atoms with Gasteiger partial charge in [0.1, 0.15) is 24.1 Å². The Balaban J connectivity index is 1.18. The minimum Gasteiger partial charge on any atom is -0.535 e. The first-order chi connectivity index (χ1) is 32.2. The molecule has 0 N–H and O–H groups in total. The number of rotatable bonds is 3. The fourth-order valence-electron chi connectivity index (χ4n) is 10.9. The molecule has 0 spiro atoms. The normalized spacial score (nSPS) is 15.0. The first-order valence-corrected chi connectivity index (χ1v) is 24.6. The van der Waals surface area contributed by atoms with Crippen molar-refractivity contribution in [3.63, 3.8) is 0 Å². The zero-order valence-corrected chi connectivity index (χ0v) is 36.6. The van der Waals surface area contributed by atoms with E-state index in [1.807, 2.05) is 0 Å². The molecule has 1 unspecified atom stereocenters. The molecule has 65 heavy (non-hydrogen) atoms. The Hall–Kier alpha value is -8.13. The molecule has 1 aromatic heterocycles. The number of hydrogen-bond acceptors (Lipinski definition) is 5. The van der Waals surface area contributed by atoms with Crippen LogP contribution in [0.4, 0.5) is 11.4 Å². The second kappa shape index (κ2) is 14.7. The molecule has 1 atom stereocenters. The largest absolute Gasteiger partial charge is 0.535 e.